The molecule has 0 spiro atoms. The van der Waals surface area contributed by atoms with E-state index in [0.29, 0.717) is 27.0 Å². The quantitative estimate of drug-likeness (QED) is 0.319. The van der Waals surface area contributed by atoms with Crippen molar-refractivity contribution in [2.45, 2.75) is 19.0 Å². The van der Waals surface area contributed by atoms with Gasteiger partial charge in [0.2, 0.25) is 11.8 Å². The summed E-state index contributed by atoms with van der Waals surface area (Å²) in [7, 11) is 1.55. The molecular weight excluding hydrogens is 548 g/mol. The maximum absolute atomic E-state index is 14.2. The predicted octanol–water partition coefficient (Wildman–Crippen LogP) is 4.93. The number of Topliss-reactive ketones (excluding diaryl/α,β-unsaturated/α-hetero) is 2. The number of fused-ring (bicyclic) bond motifs is 5. The fraction of sp³-hybridized carbons (Fsp3) is 0.200. The molecule has 0 radical (unpaired) electrons. The van der Waals surface area contributed by atoms with Gasteiger partial charge in [-0.2, -0.15) is 0 Å². The number of anilines is 2. The van der Waals surface area contributed by atoms with E-state index in [1.807, 2.05) is 41.3 Å². The number of carbonyl (C=O) groups excluding carboxylic acids is 4. The molecule has 3 heterocycles. The number of hydrogen-bond donors (Lipinski definition) is 0. The third kappa shape index (κ3) is 3.55. The first-order valence-electron chi connectivity index (χ1n) is 12.2. The van der Waals surface area contributed by atoms with Crippen molar-refractivity contribution in [2.75, 3.05) is 16.9 Å². The summed E-state index contributed by atoms with van der Waals surface area (Å²) < 4.78 is 5.94. The summed E-state index contributed by atoms with van der Waals surface area (Å²) in [6.07, 6.45) is 3.87. The van der Waals surface area contributed by atoms with Crippen LogP contribution >= 0.6 is 15.9 Å². The number of para-hydroxylation sites is 1. The van der Waals surface area contributed by atoms with Crippen LogP contribution in [0.2, 0.25) is 0 Å². The van der Waals surface area contributed by atoms with Gasteiger partial charge >= 0.3 is 0 Å². The standard InChI is InChI=1S/C30H23BrN2O5/c1-16(34)17-7-11-20(12-8-17)32-29(36)25-23-13-9-18-5-3-4-6-22(18)33(23)27(26(25)30(32)37)28(35)19-10-14-24(38-2)21(31)15-19/h3-15,23,25-27H,1-2H3/t23-,25-,26-,27+/m1/s1. The zero-order chi connectivity index (χ0) is 26.7. The first kappa shape index (κ1) is 24.3. The van der Waals surface area contributed by atoms with Gasteiger partial charge in [0.15, 0.2) is 11.6 Å². The molecule has 7 nitrogen and oxygen atoms in total. The van der Waals surface area contributed by atoms with Gasteiger partial charge in [-0.3, -0.25) is 19.2 Å². The Balaban J connectivity index is 1.46. The lowest BCUT2D eigenvalue weighted by Gasteiger charge is -2.36. The summed E-state index contributed by atoms with van der Waals surface area (Å²) in [4.78, 5) is 56.9. The number of halogens is 1. The summed E-state index contributed by atoms with van der Waals surface area (Å²) in [6.45, 7) is 1.46. The first-order valence-corrected chi connectivity index (χ1v) is 13.0. The minimum atomic E-state index is -0.880. The SMILES string of the molecule is COc1ccc(C(=O)[C@@H]2[C@@H]3C(=O)N(c4ccc(C(C)=O)cc4)C(=O)[C@@H]3[C@H]3C=Cc4ccccc4N32)cc1Br. The van der Waals surface area contributed by atoms with E-state index in [1.54, 1.807) is 49.6 Å². The van der Waals surface area contributed by atoms with Gasteiger partial charge in [-0.25, -0.2) is 4.90 Å². The van der Waals surface area contributed by atoms with Gasteiger partial charge < -0.3 is 9.64 Å². The van der Waals surface area contributed by atoms with Gasteiger partial charge in [-0.05, 0) is 76.9 Å². The van der Waals surface area contributed by atoms with Crippen LogP contribution in [-0.4, -0.2) is 42.6 Å². The molecule has 3 aromatic carbocycles. The zero-order valence-electron chi connectivity index (χ0n) is 20.6. The molecule has 3 aliphatic rings. The number of amides is 2. The second-order valence-corrected chi connectivity index (χ2v) is 10.5. The number of methoxy groups -OCH3 is 1. The maximum atomic E-state index is 14.2. The second kappa shape index (κ2) is 9.06. The maximum Gasteiger partial charge on any atom is 0.240 e. The van der Waals surface area contributed by atoms with Crippen LogP contribution < -0.4 is 14.5 Å². The number of carbonyl (C=O) groups is 4. The zero-order valence-corrected chi connectivity index (χ0v) is 22.2. The van der Waals surface area contributed by atoms with Crippen LogP contribution in [0, 0.1) is 11.8 Å². The summed E-state index contributed by atoms with van der Waals surface area (Å²) >= 11 is 3.46. The number of ether oxygens (including phenoxy) is 1. The van der Waals surface area contributed by atoms with E-state index < -0.39 is 29.8 Å². The van der Waals surface area contributed by atoms with Gasteiger partial charge in [0.05, 0.1) is 35.1 Å². The van der Waals surface area contributed by atoms with E-state index in [0.717, 1.165) is 11.3 Å². The van der Waals surface area contributed by atoms with Gasteiger partial charge in [0, 0.05) is 16.8 Å². The molecule has 0 aromatic heterocycles. The second-order valence-electron chi connectivity index (χ2n) is 9.64. The Kier molecular flexibility index (Phi) is 5.79. The van der Waals surface area contributed by atoms with Crippen molar-refractivity contribution in [2.24, 2.45) is 11.8 Å². The lowest BCUT2D eigenvalue weighted by Crippen LogP contribution is -2.48. The number of nitrogens with zero attached hydrogens (tertiary/aromatic N) is 2. The van der Waals surface area contributed by atoms with Crippen molar-refractivity contribution in [1.29, 1.82) is 0 Å². The summed E-state index contributed by atoms with van der Waals surface area (Å²) in [5.41, 5.74) is 3.04. The number of imide groups is 1. The minimum absolute atomic E-state index is 0.106. The van der Waals surface area contributed by atoms with Crippen LogP contribution in [-0.2, 0) is 9.59 Å². The van der Waals surface area contributed by atoms with Gasteiger partial charge in [-0.15, -0.1) is 0 Å². The van der Waals surface area contributed by atoms with Gasteiger partial charge in [0.25, 0.3) is 0 Å². The molecular formula is C30H23BrN2O5. The molecule has 3 aromatic rings. The van der Waals surface area contributed by atoms with Crippen LogP contribution in [0.15, 0.2) is 77.3 Å². The Morgan fingerprint density at radius 2 is 1.58 bits per heavy atom. The fourth-order valence-corrected chi connectivity index (χ4v) is 6.44. The number of hydrogen-bond acceptors (Lipinski definition) is 6. The van der Waals surface area contributed by atoms with Crippen LogP contribution in [0.5, 0.6) is 5.75 Å². The third-order valence-corrected chi connectivity index (χ3v) is 8.27. The Labute approximate surface area is 227 Å². The Bertz CT molecular complexity index is 1550. The molecule has 38 heavy (non-hydrogen) atoms. The molecule has 0 bridgehead atoms. The molecule has 6 rings (SSSR count). The van der Waals surface area contributed by atoms with Crippen molar-refractivity contribution in [1.82, 2.24) is 0 Å². The van der Waals surface area contributed by atoms with E-state index >= 15 is 0 Å². The Morgan fingerprint density at radius 3 is 2.26 bits per heavy atom. The van der Waals surface area contributed by atoms with Crippen molar-refractivity contribution < 1.29 is 23.9 Å². The van der Waals surface area contributed by atoms with Crippen molar-refractivity contribution in [3.05, 3.63) is 94.0 Å². The molecule has 2 saturated heterocycles. The number of benzene rings is 3. The van der Waals surface area contributed by atoms with Gasteiger partial charge in [-0.1, -0.05) is 30.4 Å². The normalized spacial score (nSPS) is 23.2. The Morgan fingerprint density at radius 1 is 0.895 bits per heavy atom. The molecule has 190 valence electrons. The smallest absolute Gasteiger partial charge is 0.240 e. The first-order chi connectivity index (χ1) is 18.3. The highest BCUT2D eigenvalue weighted by molar-refractivity contribution is 9.10. The van der Waals surface area contributed by atoms with E-state index in [9.17, 15) is 19.2 Å². The highest BCUT2D eigenvalue weighted by Crippen LogP contribution is 2.50. The summed E-state index contributed by atoms with van der Waals surface area (Å²) in [5.74, 6) is -2.12. The molecule has 0 saturated carbocycles. The van der Waals surface area contributed by atoms with Crippen molar-refractivity contribution >= 4 is 56.8 Å². The molecule has 8 heteroatoms. The van der Waals surface area contributed by atoms with E-state index in [2.05, 4.69) is 15.9 Å². The van der Waals surface area contributed by atoms with Crippen molar-refractivity contribution in [3.8, 4) is 5.75 Å². The van der Waals surface area contributed by atoms with E-state index in [-0.39, 0.29) is 17.5 Å². The van der Waals surface area contributed by atoms with Crippen molar-refractivity contribution in [3.63, 3.8) is 0 Å². The molecule has 0 aliphatic carbocycles. The van der Waals surface area contributed by atoms with Crippen LogP contribution in [0.3, 0.4) is 0 Å². The lowest BCUT2D eigenvalue weighted by atomic mass is 9.86. The number of rotatable bonds is 5. The summed E-state index contributed by atoms with van der Waals surface area (Å²) in [5, 5.41) is 0. The van der Waals surface area contributed by atoms with Gasteiger partial charge in [0.1, 0.15) is 11.8 Å². The average Bonchev–Trinajstić information content (AvgIpc) is 3.40. The Hall–Kier alpha value is -4.04. The monoisotopic (exact) mass is 570 g/mol. The number of ketones is 2. The lowest BCUT2D eigenvalue weighted by molar-refractivity contribution is -0.122. The van der Waals surface area contributed by atoms with Crippen LogP contribution in [0.4, 0.5) is 11.4 Å². The average molecular weight is 571 g/mol. The predicted molar refractivity (Wildman–Crippen MR) is 146 cm³/mol. The highest BCUT2D eigenvalue weighted by atomic mass is 79.9. The topological polar surface area (TPSA) is 84.0 Å². The summed E-state index contributed by atoms with van der Waals surface area (Å²) in [6, 6.07) is 17.8. The molecule has 2 fully saturated rings. The minimum Gasteiger partial charge on any atom is -0.496 e. The molecule has 0 N–H and O–H groups in total. The largest absolute Gasteiger partial charge is 0.496 e. The molecule has 0 unspecified atom stereocenters. The van der Waals surface area contributed by atoms with E-state index in [1.165, 1.54) is 11.8 Å². The van der Waals surface area contributed by atoms with Crippen LogP contribution in [0.25, 0.3) is 6.08 Å². The van der Waals surface area contributed by atoms with Crippen LogP contribution in [0.1, 0.15) is 33.2 Å². The molecule has 2 amide bonds. The molecule has 4 atom stereocenters. The van der Waals surface area contributed by atoms with E-state index in [4.69, 9.17) is 4.74 Å². The third-order valence-electron chi connectivity index (χ3n) is 7.65. The highest BCUT2D eigenvalue weighted by Gasteiger charge is 2.64. The fourth-order valence-electron chi connectivity index (χ4n) is 5.90. The molecule has 3 aliphatic heterocycles.